The molecule has 0 amide bonds. The summed E-state index contributed by atoms with van der Waals surface area (Å²) >= 11 is 13.5. The lowest BCUT2D eigenvalue weighted by molar-refractivity contribution is 0.284. The third kappa shape index (κ3) is 5.12. The quantitative estimate of drug-likeness (QED) is 0.613. The van der Waals surface area contributed by atoms with E-state index in [-0.39, 0.29) is 6.61 Å². The number of unbranched alkanes of at least 4 members (excludes halogenated alkanes) is 2. The van der Waals surface area contributed by atoms with Crippen molar-refractivity contribution in [3.63, 3.8) is 0 Å². The van der Waals surface area contributed by atoms with Crippen molar-refractivity contribution in [3.8, 4) is 0 Å². The summed E-state index contributed by atoms with van der Waals surface area (Å²) in [7, 11) is 0. The minimum Gasteiger partial charge on any atom is -0.396 e. The van der Waals surface area contributed by atoms with E-state index >= 15 is 0 Å². The van der Waals surface area contributed by atoms with Gasteiger partial charge in [-0.25, -0.2) is 0 Å². The Morgan fingerprint density at radius 2 is 1.87 bits per heavy atom. The van der Waals surface area contributed by atoms with Gasteiger partial charge in [0.05, 0.1) is 10.0 Å². The van der Waals surface area contributed by atoms with E-state index < -0.39 is 0 Å². The summed E-state index contributed by atoms with van der Waals surface area (Å²) in [5.74, 6) is 1.05. The van der Waals surface area contributed by atoms with E-state index in [0.29, 0.717) is 10.0 Å². The van der Waals surface area contributed by atoms with Gasteiger partial charge in [-0.3, -0.25) is 0 Å². The van der Waals surface area contributed by atoms with Crippen LogP contribution < -0.4 is 0 Å². The number of aliphatic hydroxyl groups excluding tert-OH is 1. The van der Waals surface area contributed by atoms with Crippen molar-refractivity contribution in [3.05, 3.63) is 28.2 Å². The molecule has 1 nitrogen and oxygen atoms in total. The van der Waals surface area contributed by atoms with E-state index in [1.165, 1.54) is 0 Å². The molecule has 1 aromatic rings. The van der Waals surface area contributed by atoms with Gasteiger partial charge in [0.2, 0.25) is 0 Å². The van der Waals surface area contributed by atoms with Gasteiger partial charge in [-0.2, -0.15) is 0 Å². The first-order valence-corrected chi connectivity index (χ1v) is 6.67. The maximum Gasteiger partial charge on any atom is 0.0603 e. The third-order valence-corrected chi connectivity index (χ3v) is 3.78. The van der Waals surface area contributed by atoms with Crippen LogP contribution in [-0.2, 0) is 0 Å². The molecule has 0 saturated heterocycles. The molecule has 0 unspecified atom stereocenters. The Bertz CT molecular complexity index is 305. The van der Waals surface area contributed by atoms with Crippen molar-refractivity contribution in [2.45, 2.75) is 24.2 Å². The monoisotopic (exact) mass is 264 g/mol. The van der Waals surface area contributed by atoms with Crippen LogP contribution >= 0.6 is 35.0 Å². The molecule has 15 heavy (non-hydrogen) atoms. The molecule has 0 aromatic heterocycles. The summed E-state index contributed by atoms with van der Waals surface area (Å²) in [5, 5.41) is 9.82. The van der Waals surface area contributed by atoms with E-state index in [0.717, 1.165) is 29.9 Å². The number of rotatable bonds is 6. The van der Waals surface area contributed by atoms with E-state index in [1.54, 1.807) is 11.8 Å². The largest absolute Gasteiger partial charge is 0.396 e. The van der Waals surface area contributed by atoms with Crippen LogP contribution in [-0.4, -0.2) is 17.5 Å². The van der Waals surface area contributed by atoms with Gasteiger partial charge in [-0.05, 0) is 36.8 Å². The van der Waals surface area contributed by atoms with Crippen molar-refractivity contribution in [1.82, 2.24) is 0 Å². The minimum absolute atomic E-state index is 0.289. The van der Waals surface area contributed by atoms with Crippen molar-refractivity contribution in [1.29, 1.82) is 0 Å². The number of hydrogen-bond acceptors (Lipinski definition) is 2. The van der Waals surface area contributed by atoms with Gasteiger partial charge in [-0.15, -0.1) is 11.8 Å². The van der Waals surface area contributed by atoms with Crippen LogP contribution in [0.25, 0.3) is 0 Å². The molecule has 0 radical (unpaired) electrons. The number of aliphatic hydroxyl groups is 1. The van der Waals surface area contributed by atoms with Crippen LogP contribution in [0.3, 0.4) is 0 Å². The molecule has 0 aliphatic carbocycles. The second kappa shape index (κ2) is 7.39. The predicted octanol–water partition coefficient (Wildman–Crippen LogP) is 4.25. The van der Waals surface area contributed by atoms with Crippen molar-refractivity contribution < 1.29 is 5.11 Å². The minimum atomic E-state index is 0.289. The first-order valence-electron chi connectivity index (χ1n) is 4.93. The average Bonchev–Trinajstić information content (AvgIpc) is 2.23. The average molecular weight is 265 g/mol. The molecule has 4 heteroatoms. The van der Waals surface area contributed by atoms with Gasteiger partial charge in [0, 0.05) is 11.5 Å². The van der Waals surface area contributed by atoms with Crippen LogP contribution in [0.4, 0.5) is 0 Å². The molecule has 0 saturated carbocycles. The fourth-order valence-corrected chi connectivity index (χ4v) is 2.46. The molecule has 84 valence electrons. The zero-order valence-electron chi connectivity index (χ0n) is 8.38. The van der Waals surface area contributed by atoms with E-state index in [4.69, 9.17) is 28.3 Å². The Morgan fingerprint density at radius 3 is 2.53 bits per heavy atom. The lowest BCUT2D eigenvalue weighted by Gasteiger charge is -2.02. The highest BCUT2D eigenvalue weighted by atomic mass is 35.5. The Kier molecular flexibility index (Phi) is 6.50. The fraction of sp³-hybridized carbons (Fsp3) is 0.455. The third-order valence-electron chi connectivity index (χ3n) is 1.96. The number of halogens is 2. The first-order chi connectivity index (χ1) is 7.24. The summed E-state index contributed by atoms with van der Waals surface area (Å²) in [6, 6.07) is 5.69. The van der Waals surface area contributed by atoms with E-state index in [1.807, 2.05) is 18.2 Å². The Hall–Kier alpha value is 0.110. The van der Waals surface area contributed by atoms with Crippen LogP contribution in [0.5, 0.6) is 0 Å². The molecule has 0 atom stereocenters. The maximum absolute atomic E-state index is 8.61. The zero-order valence-corrected chi connectivity index (χ0v) is 10.7. The maximum atomic E-state index is 8.61. The lowest BCUT2D eigenvalue weighted by atomic mass is 10.3. The number of benzene rings is 1. The predicted molar refractivity (Wildman–Crippen MR) is 68.1 cm³/mol. The topological polar surface area (TPSA) is 20.2 Å². The first kappa shape index (κ1) is 13.2. The molecular weight excluding hydrogens is 251 g/mol. The molecule has 0 fully saturated rings. The SMILES string of the molecule is OCCCCCSc1ccc(Cl)c(Cl)c1. The van der Waals surface area contributed by atoms with Gasteiger partial charge in [-0.1, -0.05) is 29.6 Å². The molecule has 1 rings (SSSR count). The highest BCUT2D eigenvalue weighted by Gasteiger charge is 1.99. The van der Waals surface area contributed by atoms with Crippen molar-refractivity contribution in [2.24, 2.45) is 0 Å². The Morgan fingerprint density at radius 1 is 1.07 bits per heavy atom. The van der Waals surface area contributed by atoms with Gasteiger partial charge in [0.25, 0.3) is 0 Å². The standard InChI is InChI=1S/C11H14Cl2OS/c12-10-5-4-9(8-11(10)13)15-7-3-1-2-6-14/h4-5,8,14H,1-3,6-7H2. The normalized spacial score (nSPS) is 10.6. The molecule has 0 heterocycles. The highest BCUT2D eigenvalue weighted by Crippen LogP contribution is 2.28. The number of hydrogen-bond donors (Lipinski definition) is 1. The van der Waals surface area contributed by atoms with Gasteiger partial charge in [0.15, 0.2) is 0 Å². The molecule has 0 bridgehead atoms. The summed E-state index contributed by atoms with van der Waals surface area (Å²) in [5.41, 5.74) is 0. The second-order valence-corrected chi connectivity index (χ2v) is 5.19. The molecule has 0 spiro atoms. The van der Waals surface area contributed by atoms with Crippen LogP contribution in [0, 0.1) is 0 Å². The van der Waals surface area contributed by atoms with Crippen LogP contribution in [0.15, 0.2) is 23.1 Å². The fourth-order valence-electron chi connectivity index (χ4n) is 1.15. The lowest BCUT2D eigenvalue weighted by Crippen LogP contribution is -1.85. The smallest absolute Gasteiger partial charge is 0.0603 e. The van der Waals surface area contributed by atoms with Crippen LogP contribution in [0.1, 0.15) is 19.3 Å². The Labute approximate surface area is 105 Å². The van der Waals surface area contributed by atoms with Crippen LogP contribution in [0.2, 0.25) is 10.0 Å². The van der Waals surface area contributed by atoms with E-state index in [9.17, 15) is 0 Å². The molecule has 0 aliphatic heterocycles. The molecule has 1 N–H and O–H groups in total. The molecule has 1 aromatic carbocycles. The van der Waals surface area contributed by atoms with Gasteiger partial charge >= 0.3 is 0 Å². The van der Waals surface area contributed by atoms with Crippen molar-refractivity contribution in [2.75, 3.05) is 12.4 Å². The Balaban J connectivity index is 2.28. The molecular formula is C11H14Cl2OS. The summed E-state index contributed by atoms with van der Waals surface area (Å²) in [6.45, 7) is 0.289. The summed E-state index contributed by atoms with van der Waals surface area (Å²) < 4.78 is 0. The second-order valence-electron chi connectivity index (χ2n) is 3.21. The summed E-state index contributed by atoms with van der Waals surface area (Å²) in [4.78, 5) is 1.15. The molecule has 0 aliphatic rings. The highest BCUT2D eigenvalue weighted by molar-refractivity contribution is 7.99. The van der Waals surface area contributed by atoms with Gasteiger partial charge < -0.3 is 5.11 Å². The van der Waals surface area contributed by atoms with Gasteiger partial charge in [0.1, 0.15) is 0 Å². The zero-order chi connectivity index (χ0) is 11.1. The summed E-state index contributed by atoms with van der Waals surface area (Å²) in [6.07, 6.45) is 3.08. The van der Waals surface area contributed by atoms with Crippen molar-refractivity contribution >= 4 is 35.0 Å². The van der Waals surface area contributed by atoms with E-state index in [2.05, 4.69) is 0 Å². The number of thioether (sulfide) groups is 1.